The summed E-state index contributed by atoms with van der Waals surface area (Å²) in [5.74, 6) is 0.701. The molecule has 4 aromatic rings. The van der Waals surface area contributed by atoms with Crippen molar-refractivity contribution in [2.24, 2.45) is 4.99 Å². The van der Waals surface area contributed by atoms with Crippen LogP contribution in [0.4, 0.5) is 0 Å². The number of nitrogens with zero attached hydrogens (tertiary/aromatic N) is 2. The van der Waals surface area contributed by atoms with Crippen molar-refractivity contribution in [3.8, 4) is 0 Å². The lowest BCUT2D eigenvalue weighted by atomic mass is 9.88. The molecule has 0 radical (unpaired) electrons. The molecular weight excluding hydrogens is 380 g/mol. The second kappa shape index (κ2) is 8.97. The highest BCUT2D eigenvalue weighted by Crippen LogP contribution is 2.31. The van der Waals surface area contributed by atoms with Gasteiger partial charge in [0.25, 0.3) is 0 Å². The number of aromatic nitrogens is 1. The largest absolute Gasteiger partial charge is 0.474 e. The molecule has 0 amide bonds. The van der Waals surface area contributed by atoms with Crippen molar-refractivity contribution in [1.29, 1.82) is 0 Å². The molecule has 0 unspecified atom stereocenters. The van der Waals surface area contributed by atoms with Gasteiger partial charge in [-0.15, -0.1) is 0 Å². The van der Waals surface area contributed by atoms with Crippen LogP contribution in [0.2, 0.25) is 0 Å². The minimum atomic E-state index is 0.0597. The Hall–Kier alpha value is -3.72. The van der Waals surface area contributed by atoms with Crippen molar-refractivity contribution in [3.05, 3.63) is 137 Å². The van der Waals surface area contributed by atoms with E-state index in [1.807, 2.05) is 30.3 Å². The fourth-order valence-electron chi connectivity index (χ4n) is 4.10. The second-order valence-electron chi connectivity index (χ2n) is 7.79. The Morgan fingerprint density at radius 3 is 1.97 bits per heavy atom. The summed E-state index contributed by atoms with van der Waals surface area (Å²) in [5, 5.41) is 0. The van der Waals surface area contributed by atoms with Crippen molar-refractivity contribution in [3.63, 3.8) is 0 Å². The number of rotatable bonds is 6. The number of benzene rings is 3. The summed E-state index contributed by atoms with van der Waals surface area (Å²) in [6.07, 6.45) is 0.876. The van der Waals surface area contributed by atoms with E-state index in [-0.39, 0.29) is 12.0 Å². The van der Waals surface area contributed by atoms with E-state index in [1.54, 1.807) is 0 Å². The average molecular weight is 405 g/mol. The Morgan fingerprint density at radius 2 is 1.32 bits per heavy atom. The van der Waals surface area contributed by atoms with Gasteiger partial charge in [0.05, 0.1) is 17.7 Å². The Bertz CT molecular complexity index is 1120. The van der Waals surface area contributed by atoms with Gasteiger partial charge in [0.1, 0.15) is 12.3 Å². The van der Waals surface area contributed by atoms with Crippen LogP contribution < -0.4 is 0 Å². The molecule has 0 saturated carbocycles. The second-order valence-corrected chi connectivity index (χ2v) is 7.79. The van der Waals surface area contributed by atoms with Gasteiger partial charge in [0.15, 0.2) is 0 Å². The molecule has 1 aliphatic rings. The first-order valence-corrected chi connectivity index (χ1v) is 10.7. The molecule has 2 heterocycles. The van der Waals surface area contributed by atoms with Crippen LogP contribution in [0, 0.1) is 0 Å². The van der Waals surface area contributed by atoms with Crippen LogP contribution >= 0.6 is 0 Å². The first-order valence-electron chi connectivity index (χ1n) is 10.7. The van der Waals surface area contributed by atoms with Crippen LogP contribution in [-0.2, 0) is 11.2 Å². The molecule has 3 heteroatoms. The van der Waals surface area contributed by atoms with Gasteiger partial charge in [-0.2, -0.15) is 0 Å². The van der Waals surface area contributed by atoms with Crippen LogP contribution in [0.3, 0.4) is 0 Å². The Labute approximate surface area is 183 Å². The van der Waals surface area contributed by atoms with E-state index < -0.39 is 0 Å². The summed E-state index contributed by atoms with van der Waals surface area (Å²) in [6.45, 7) is 0.594. The van der Waals surface area contributed by atoms with Crippen LogP contribution in [0.15, 0.2) is 114 Å². The average Bonchev–Trinajstić information content (AvgIpc) is 3.30. The molecule has 1 aromatic heterocycles. The maximum atomic E-state index is 5.96. The predicted octanol–water partition coefficient (Wildman–Crippen LogP) is 5.65. The van der Waals surface area contributed by atoms with E-state index in [0.717, 1.165) is 17.8 Å². The SMILES string of the molecule is c1ccc(C[C@@H]2COC(c3cccc(C(c4ccccc4)c4ccccc4)n3)=N2)cc1. The van der Waals surface area contributed by atoms with E-state index in [4.69, 9.17) is 14.7 Å². The van der Waals surface area contributed by atoms with Gasteiger partial charge in [-0.05, 0) is 35.2 Å². The molecule has 3 aromatic carbocycles. The predicted molar refractivity (Wildman–Crippen MR) is 124 cm³/mol. The van der Waals surface area contributed by atoms with Crippen molar-refractivity contribution < 1.29 is 4.74 Å². The summed E-state index contributed by atoms with van der Waals surface area (Å²) in [5.41, 5.74) is 5.50. The van der Waals surface area contributed by atoms with Gasteiger partial charge < -0.3 is 4.74 Å². The zero-order chi connectivity index (χ0) is 20.9. The third-order valence-corrected chi connectivity index (χ3v) is 5.58. The fourth-order valence-corrected chi connectivity index (χ4v) is 4.10. The van der Waals surface area contributed by atoms with Crippen LogP contribution in [0.5, 0.6) is 0 Å². The first kappa shape index (κ1) is 19.3. The lowest BCUT2D eigenvalue weighted by Crippen LogP contribution is -2.10. The smallest absolute Gasteiger partial charge is 0.235 e. The molecule has 152 valence electrons. The first-order chi connectivity index (χ1) is 15.4. The van der Waals surface area contributed by atoms with Gasteiger partial charge >= 0.3 is 0 Å². The van der Waals surface area contributed by atoms with Crippen LogP contribution in [0.1, 0.15) is 34.0 Å². The summed E-state index contributed by atoms with van der Waals surface area (Å²) in [7, 11) is 0. The van der Waals surface area contributed by atoms with Crippen molar-refractivity contribution >= 4 is 5.90 Å². The number of ether oxygens (including phenoxy) is 1. The van der Waals surface area contributed by atoms with Gasteiger partial charge in [0, 0.05) is 0 Å². The maximum absolute atomic E-state index is 5.96. The number of hydrogen-bond acceptors (Lipinski definition) is 3. The quantitative estimate of drug-likeness (QED) is 0.416. The Kier molecular flexibility index (Phi) is 5.57. The molecule has 0 aliphatic carbocycles. The van der Waals surface area contributed by atoms with Crippen molar-refractivity contribution in [2.45, 2.75) is 18.4 Å². The monoisotopic (exact) mass is 404 g/mol. The summed E-state index contributed by atoms with van der Waals surface area (Å²) in [4.78, 5) is 9.82. The normalized spacial score (nSPS) is 15.5. The molecular formula is C28H24N2O. The molecule has 0 fully saturated rings. The molecule has 0 spiro atoms. The van der Waals surface area contributed by atoms with E-state index in [1.165, 1.54) is 16.7 Å². The van der Waals surface area contributed by atoms with Gasteiger partial charge in [-0.3, -0.25) is 0 Å². The van der Waals surface area contributed by atoms with Gasteiger partial charge in [-0.25, -0.2) is 9.98 Å². The molecule has 1 aliphatic heterocycles. The number of aliphatic imine (C=N–C) groups is 1. The van der Waals surface area contributed by atoms with E-state index in [2.05, 4.69) is 78.9 Å². The standard InChI is InChI=1S/C28H24N2O/c1-4-11-21(12-5-1)19-24-20-31-28(29-24)26-18-10-17-25(30-26)27(22-13-6-2-7-14-22)23-15-8-3-9-16-23/h1-18,24,27H,19-20H2/t24-/m1/s1. The van der Waals surface area contributed by atoms with E-state index >= 15 is 0 Å². The van der Waals surface area contributed by atoms with Crippen LogP contribution in [0.25, 0.3) is 0 Å². The van der Waals surface area contributed by atoms with Crippen molar-refractivity contribution in [1.82, 2.24) is 4.98 Å². The third-order valence-electron chi connectivity index (χ3n) is 5.58. The lowest BCUT2D eigenvalue weighted by Gasteiger charge is -2.18. The summed E-state index contributed by atoms with van der Waals surface area (Å²) >= 11 is 0. The zero-order valence-electron chi connectivity index (χ0n) is 17.3. The highest BCUT2D eigenvalue weighted by molar-refractivity contribution is 5.93. The molecule has 3 nitrogen and oxygen atoms in total. The summed E-state index contributed by atoms with van der Waals surface area (Å²) < 4.78 is 5.96. The summed E-state index contributed by atoms with van der Waals surface area (Å²) in [6, 6.07) is 37.7. The van der Waals surface area contributed by atoms with Crippen molar-refractivity contribution in [2.75, 3.05) is 6.61 Å². The Morgan fingerprint density at radius 1 is 0.710 bits per heavy atom. The highest BCUT2D eigenvalue weighted by atomic mass is 16.5. The zero-order valence-corrected chi connectivity index (χ0v) is 17.3. The lowest BCUT2D eigenvalue weighted by molar-refractivity contribution is 0.316. The van der Waals surface area contributed by atoms with E-state index in [9.17, 15) is 0 Å². The van der Waals surface area contributed by atoms with Crippen LogP contribution in [-0.4, -0.2) is 23.5 Å². The maximum Gasteiger partial charge on any atom is 0.235 e. The van der Waals surface area contributed by atoms with Gasteiger partial charge in [0.2, 0.25) is 5.90 Å². The minimum absolute atomic E-state index is 0.0597. The molecule has 0 bridgehead atoms. The molecule has 1 atom stereocenters. The topological polar surface area (TPSA) is 34.5 Å². The molecule has 31 heavy (non-hydrogen) atoms. The Balaban J connectivity index is 1.45. The number of pyridine rings is 1. The number of hydrogen-bond donors (Lipinski definition) is 0. The molecule has 5 rings (SSSR count). The fraction of sp³-hybridized carbons (Fsp3) is 0.143. The highest BCUT2D eigenvalue weighted by Gasteiger charge is 2.23. The van der Waals surface area contributed by atoms with E-state index in [0.29, 0.717) is 12.5 Å². The molecule has 0 N–H and O–H groups in total. The third kappa shape index (κ3) is 4.41. The molecule has 0 saturated heterocycles. The van der Waals surface area contributed by atoms with Gasteiger partial charge in [-0.1, -0.05) is 97.1 Å². The minimum Gasteiger partial charge on any atom is -0.474 e.